The van der Waals surface area contributed by atoms with Crippen LogP contribution in [0, 0.1) is 13.8 Å². The number of benzene rings is 1. The first-order valence-corrected chi connectivity index (χ1v) is 9.41. The summed E-state index contributed by atoms with van der Waals surface area (Å²) in [5, 5.41) is 1.93. The van der Waals surface area contributed by atoms with Crippen molar-refractivity contribution in [1.82, 2.24) is 9.97 Å². The van der Waals surface area contributed by atoms with Crippen LogP contribution in [-0.4, -0.2) is 9.97 Å². The van der Waals surface area contributed by atoms with Gasteiger partial charge in [-0.05, 0) is 56.4 Å². The molecule has 0 saturated carbocycles. The number of fused-ring (bicyclic) bond motifs is 4. The van der Waals surface area contributed by atoms with Gasteiger partial charge in [0, 0.05) is 22.4 Å². The first kappa shape index (κ1) is 15.5. The van der Waals surface area contributed by atoms with Crippen molar-refractivity contribution in [3.8, 4) is 11.6 Å². The van der Waals surface area contributed by atoms with Crippen LogP contribution in [0.3, 0.4) is 0 Å². The molecule has 1 aromatic carbocycles. The molecule has 130 valence electrons. The zero-order valence-corrected chi connectivity index (χ0v) is 15.3. The number of hydrogen-bond donors (Lipinski definition) is 0. The van der Waals surface area contributed by atoms with Gasteiger partial charge in [0.2, 0.25) is 5.88 Å². The topological polar surface area (TPSA) is 65.2 Å². The van der Waals surface area contributed by atoms with Crippen molar-refractivity contribution in [2.75, 3.05) is 0 Å². The highest BCUT2D eigenvalue weighted by molar-refractivity contribution is 7.19. The van der Waals surface area contributed by atoms with Crippen molar-refractivity contribution < 1.29 is 9.15 Å². The molecule has 0 fully saturated rings. The molecule has 3 aromatic heterocycles. The van der Waals surface area contributed by atoms with E-state index in [9.17, 15) is 4.79 Å². The molecule has 1 aliphatic rings. The zero-order chi connectivity index (χ0) is 17.8. The van der Waals surface area contributed by atoms with Gasteiger partial charge in [-0.2, -0.15) is 4.98 Å². The van der Waals surface area contributed by atoms with Crippen molar-refractivity contribution in [3.63, 3.8) is 0 Å². The highest BCUT2D eigenvalue weighted by Crippen LogP contribution is 2.41. The summed E-state index contributed by atoms with van der Waals surface area (Å²) in [5.41, 5.74) is 2.37. The van der Waals surface area contributed by atoms with Gasteiger partial charge in [-0.25, -0.2) is 9.78 Å². The van der Waals surface area contributed by atoms with Crippen molar-refractivity contribution in [2.24, 2.45) is 0 Å². The average Bonchev–Trinajstić information content (AvgIpc) is 3.14. The second kappa shape index (κ2) is 5.64. The van der Waals surface area contributed by atoms with Crippen LogP contribution in [0.5, 0.6) is 11.6 Å². The molecule has 0 bridgehead atoms. The molecule has 5 rings (SSSR count). The Hall–Kier alpha value is -2.73. The maximum Gasteiger partial charge on any atom is 0.336 e. The Bertz CT molecular complexity index is 1240. The van der Waals surface area contributed by atoms with Gasteiger partial charge in [0.05, 0.1) is 5.39 Å². The van der Waals surface area contributed by atoms with Crippen LogP contribution in [0.4, 0.5) is 0 Å². The Balaban J connectivity index is 1.65. The van der Waals surface area contributed by atoms with Gasteiger partial charge < -0.3 is 9.15 Å². The van der Waals surface area contributed by atoms with E-state index in [2.05, 4.69) is 9.97 Å². The van der Waals surface area contributed by atoms with Gasteiger partial charge in [0.15, 0.2) is 0 Å². The molecule has 0 aliphatic heterocycles. The average molecular weight is 364 g/mol. The fraction of sp³-hybridized carbons (Fsp3) is 0.250. The Labute approximate surface area is 153 Å². The monoisotopic (exact) mass is 364 g/mol. The lowest BCUT2D eigenvalue weighted by molar-refractivity contribution is 0.465. The van der Waals surface area contributed by atoms with Gasteiger partial charge in [0.25, 0.3) is 0 Å². The van der Waals surface area contributed by atoms with E-state index in [1.165, 1.54) is 22.9 Å². The van der Waals surface area contributed by atoms with E-state index in [4.69, 9.17) is 9.15 Å². The van der Waals surface area contributed by atoms with Gasteiger partial charge in [-0.3, -0.25) is 0 Å². The first-order chi connectivity index (χ1) is 12.6. The molecule has 3 heterocycles. The van der Waals surface area contributed by atoms with Gasteiger partial charge in [0.1, 0.15) is 22.0 Å². The molecule has 5 nitrogen and oxygen atoms in total. The van der Waals surface area contributed by atoms with Crippen molar-refractivity contribution in [3.05, 3.63) is 56.5 Å². The van der Waals surface area contributed by atoms with E-state index in [1.807, 2.05) is 26.0 Å². The van der Waals surface area contributed by atoms with Crippen molar-refractivity contribution in [1.29, 1.82) is 0 Å². The predicted molar refractivity (Wildman–Crippen MR) is 101 cm³/mol. The highest BCUT2D eigenvalue weighted by atomic mass is 32.1. The highest BCUT2D eigenvalue weighted by Gasteiger charge is 2.23. The van der Waals surface area contributed by atoms with Crippen molar-refractivity contribution in [2.45, 2.75) is 33.1 Å². The summed E-state index contributed by atoms with van der Waals surface area (Å²) >= 11 is 1.74. The van der Waals surface area contributed by atoms with Crippen LogP contribution >= 0.6 is 11.3 Å². The number of aromatic nitrogens is 2. The largest absolute Gasteiger partial charge is 0.438 e. The molecule has 0 N–H and O–H groups in total. The number of hydrogen-bond acceptors (Lipinski definition) is 6. The molecule has 0 spiro atoms. The first-order valence-electron chi connectivity index (χ1n) is 8.60. The molecular formula is C20H16N2O3S. The maximum absolute atomic E-state index is 11.7. The standard InChI is InChI=1S/C20H16N2O3S/c1-10-8-17(23)25-15-9-12(6-7-13(10)15)24-19-18-14-4-3-5-16(14)26-20(18)22-11(2)21-19/h6-9H,3-5H2,1-2H3. The molecule has 0 atom stereocenters. The van der Waals surface area contributed by atoms with E-state index in [0.717, 1.165) is 34.0 Å². The summed E-state index contributed by atoms with van der Waals surface area (Å²) in [6, 6.07) is 7.03. The van der Waals surface area contributed by atoms with Crippen LogP contribution in [0.2, 0.25) is 0 Å². The molecule has 4 aromatic rings. The third-order valence-electron chi connectivity index (χ3n) is 4.78. The summed E-state index contributed by atoms with van der Waals surface area (Å²) < 4.78 is 11.5. The fourth-order valence-corrected chi connectivity index (χ4v) is 4.92. The molecule has 1 aliphatic carbocycles. The number of rotatable bonds is 2. The number of aryl methyl sites for hydroxylation is 4. The fourth-order valence-electron chi connectivity index (χ4n) is 3.62. The predicted octanol–water partition coefficient (Wildman–Crippen LogP) is 4.70. The van der Waals surface area contributed by atoms with Crippen LogP contribution in [0.1, 0.15) is 28.2 Å². The summed E-state index contributed by atoms with van der Waals surface area (Å²) in [6.45, 7) is 3.77. The summed E-state index contributed by atoms with van der Waals surface area (Å²) in [7, 11) is 0. The van der Waals surface area contributed by atoms with E-state index in [-0.39, 0.29) is 5.63 Å². The maximum atomic E-state index is 11.7. The van der Waals surface area contributed by atoms with E-state index >= 15 is 0 Å². The van der Waals surface area contributed by atoms with Gasteiger partial charge in [-0.15, -0.1) is 11.3 Å². The molecular weight excluding hydrogens is 348 g/mol. The van der Waals surface area contributed by atoms with E-state index in [0.29, 0.717) is 23.0 Å². The lowest BCUT2D eigenvalue weighted by Gasteiger charge is -2.09. The van der Waals surface area contributed by atoms with Crippen LogP contribution < -0.4 is 10.4 Å². The SMILES string of the molecule is Cc1nc(Oc2ccc3c(C)cc(=O)oc3c2)c2c3c(sc2n1)CCC3. The quantitative estimate of drug-likeness (QED) is 0.483. The minimum atomic E-state index is -0.358. The second-order valence-corrected chi connectivity index (χ2v) is 7.71. The smallest absolute Gasteiger partial charge is 0.336 e. The Morgan fingerprint density at radius 3 is 2.92 bits per heavy atom. The minimum Gasteiger partial charge on any atom is -0.438 e. The minimum absolute atomic E-state index is 0.358. The second-order valence-electron chi connectivity index (χ2n) is 6.62. The van der Waals surface area contributed by atoms with E-state index < -0.39 is 0 Å². The zero-order valence-electron chi connectivity index (χ0n) is 14.5. The summed E-state index contributed by atoms with van der Waals surface area (Å²) in [6.07, 6.45) is 3.32. The Morgan fingerprint density at radius 1 is 1.15 bits per heavy atom. The number of nitrogens with zero attached hydrogens (tertiary/aromatic N) is 2. The van der Waals surface area contributed by atoms with Crippen LogP contribution in [-0.2, 0) is 12.8 Å². The lowest BCUT2D eigenvalue weighted by Crippen LogP contribution is -1.98. The number of ether oxygens (including phenoxy) is 1. The third kappa shape index (κ3) is 2.41. The number of thiophene rings is 1. The van der Waals surface area contributed by atoms with Crippen LogP contribution in [0.15, 0.2) is 33.5 Å². The Morgan fingerprint density at radius 2 is 2.04 bits per heavy atom. The van der Waals surface area contributed by atoms with Gasteiger partial charge >= 0.3 is 5.63 Å². The van der Waals surface area contributed by atoms with Gasteiger partial charge in [-0.1, -0.05) is 0 Å². The molecule has 26 heavy (non-hydrogen) atoms. The van der Waals surface area contributed by atoms with E-state index in [1.54, 1.807) is 17.4 Å². The molecule has 0 radical (unpaired) electrons. The van der Waals surface area contributed by atoms with Crippen LogP contribution in [0.25, 0.3) is 21.2 Å². The van der Waals surface area contributed by atoms with Crippen molar-refractivity contribution >= 4 is 32.5 Å². The molecule has 0 amide bonds. The summed E-state index contributed by atoms with van der Waals surface area (Å²) in [5.74, 6) is 1.88. The molecule has 6 heteroatoms. The molecule has 0 unspecified atom stereocenters. The molecule has 0 saturated heterocycles. The lowest BCUT2D eigenvalue weighted by atomic mass is 10.1. The normalized spacial score (nSPS) is 13.5. The third-order valence-corrected chi connectivity index (χ3v) is 5.97. The summed E-state index contributed by atoms with van der Waals surface area (Å²) in [4.78, 5) is 23.2. The Kier molecular flexibility index (Phi) is 3.37.